The van der Waals surface area contributed by atoms with E-state index in [1.165, 1.54) is 0 Å². The zero-order valence-corrected chi connectivity index (χ0v) is 16.6. The summed E-state index contributed by atoms with van der Waals surface area (Å²) in [6.45, 7) is 10.5. The van der Waals surface area contributed by atoms with Crippen molar-refractivity contribution in [2.24, 2.45) is 11.7 Å². The molecule has 0 amide bonds. The van der Waals surface area contributed by atoms with Crippen LogP contribution in [-0.4, -0.2) is 36.9 Å². The molecule has 0 spiro atoms. The summed E-state index contributed by atoms with van der Waals surface area (Å²) in [5.74, 6) is 0.465. The van der Waals surface area contributed by atoms with Gasteiger partial charge >= 0.3 is 0 Å². The minimum absolute atomic E-state index is 0.172. The minimum atomic E-state index is -0.299. The van der Waals surface area contributed by atoms with Crippen LogP contribution in [0.1, 0.15) is 53.4 Å². The van der Waals surface area contributed by atoms with Crippen LogP contribution in [0.5, 0.6) is 0 Å². The van der Waals surface area contributed by atoms with E-state index in [1.807, 2.05) is 12.1 Å². The van der Waals surface area contributed by atoms with Crippen molar-refractivity contribution in [3.05, 3.63) is 24.0 Å². The van der Waals surface area contributed by atoms with E-state index in [0.29, 0.717) is 30.7 Å². The van der Waals surface area contributed by atoms with Crippen molar-refractivity contribution in [3.63, 3.8) is 0 Å². The summed E-state index contributed by atoms with van der Waals surface area (Å²) in [5.41, 5.74) is 6.88. The quantitative estimate of drug-likeness (QED) is 0.844. The Labute approximate surface area is 157 Å². The lowest BCUT2D eigenvalue weighted by Gasteiger charge is -2.48. The van der Waals surface area contributed by atoms with E-state index >= 15 is 0 Å². The highest BCUT2D eigenvalue weighted by atomic mass is 19.1. The summed E-state index contributed by atoms with van der Waals surface area (Å²) in [5, 5.41) is 3.41. The maximum Gasteiger partial charge on any atom is 0.148 e. The van der Waals surface area contributed by atoms with Gasteiger partial charge in [-0.05, 0) is 77.5 Å². The second-order valence-electron chi connectivity index (χ2n) is 9.31. The number of nitrogens with zero attached hydrogens (tertiary/aromatic N) is 1. The molecule has 1 aromatic carbocycles. The number of anilines is 2. The molecule has 2 fully saturated rings. The fourth-order valence-electron chi connectivity index (χ4n) is 4.49. The average Bonchev–Trinajstić information content (AvgIpc) is 2.51. The molecular formula is C21H34FN3O. The molecule has 0 bridgehead atoms. The van der Waals surface area contributed by atoms with Crippen LogP contribution in [0.15, 0.2) is 18.2 Å². The number of ether oxygens (including phenoxy) is 1. The molecule has 1 aromatic rings. The molecule has 3 rings (SSSR count). The lowest BCUT2D eigenvalue weighted by Crippen LogP contribution is -2.57. The third kappa shape index (κ3) is 4.89. The fraction of sp³-hybridized carbons (Fsp3) is 0.714. The lowest BCUT2D eigenvalue weighted by atomic mass is 9.86. The molecule has 4 nitrogen and oxygen atoms in total. The molecular weight excluding hydrogens is 329 g/mol. The van der Waals surface area contributed by atoms with Crippen molar-refractivity contribution in [3.8, 4) is 0 Å². The molecule has 2 aliphatic rings. The van der Waals surface area contributed by atoms with E-state index in [4.69, 9.17) is 10.5 Å². The van der Waals surface area contributed by atoms with Crippen molar-refractivity contribution in [2.45, 2.75) is 70.6 Å². The van der Waals surface area contributed by atoms with E-state index < -0.39 is 0 Å². The molecule has 0 aromatic heterocycles. The van der Waals surface area contributed by atoms with E-state index in [9.17, 15) is 4.39 Å². The summed E-state index contributed by atoms with van der Waals surface area (Å²) in [7, 11) is 0. The predicted octanol–water partition coefficient (Wildman–Crippen LogP) is 4.15. The highest BCUT2D eigenvalue weighted by Gasteiger charge is 2.38. The molecule has 1 saturated heterocycles. The normalized spacial score (nSPS) is 28.0. The van der Waals surface area contributed by atoms with Crippen LogP contribution in [0.3, 0.4) is 0 Å². The zero-order chi connectivity index (χ0) is 18.9. The molecule has 5 heteroatoms. The Morgan fingerprint density at radius 1 is 1.12 bits per heavy atom. The predicted molar refractivity (Wildman–Crippen MR) is 106 cm³/mol. The Bertz CT molecular complexity index is 608. The first-order valence-corrected chi connectivity index (χ1v) is 9.88. The number of nitrogens with two attached hydrogens (primary N) is 1. The third-order valence-electron chi connectivity index (χ3n) is 5.47. The van der Waals surface area contributed by atoms with Gasteiger partial charge in [0, 0.05) is 31.4 Å². The molecule has 1 saturated carbocycles. The highest BCUT2D eigenvalue weighted by molar-refractivity contribution is 5.57. The van der Waals surface area contributed by atoms with Crippen LogP contribution in [0, 0.1) is 11.7 Å². The number of nitrogens with one attached hydrogen (secondary N) is 1. The molecule has 0 radical (unpaired) electrons. The van der Waals surface area contributed by atoms with Gasteiger partial charge in [0.05, 0.1) is 16.9 Å². The third-order valence-corrected chi connectivity index (χ3v) is 5.47. The van der Waals surface area contributed by atoms with Crippen LogP contribution >= 0.6 is 0 Å². The van der Waals surface area contributed by atoms with Gasteiger partial charge < -0.3 is 20.7 Å². The molecule has 1 aliphatic heterocycles. The summed E-state index contributed by atoms with van der Waals surface area (Å²) in [6.07, 6.45) is 4.52. The Hall–Kier alpha value is -1.33. The van der Waals surface area contributed by atoms with Crippen LogP contribution < -0.4 is 16.0 Å². The van der Waals surface area contributed by atoms with Crippen molar-refractivity contribution in [1.82, 2.24) is 0 Å². The molecule has 0 unspecified atom stereocenters. The van der Waals surface area contributed by atoms with E-state index in [-0.39, 0.29) is 17.0 Å². The number of rotatable bonds is 4. The Morgan fingerprint density at radius 3 is 2.31 bits per heavy atom. The van der Waals surface area contributed by atoms with Gasteiger partial charge in [-0.25, -0.2) is 4.39 Å². The minimum Gasteiger partial charge on any atom is -0.385 e. The van der Waals surface area contributed by atoms with Gasteiger partial charge in [0.15, 0.2) is 0 Å². The van der Waals surface area contributed by atoms with Crippen molar-refractivity contribution in [2.75, 3.05) is 29.9 Å². The number of hydrogen-bond acceptors (Lipinski definition) is 4. The molecule has 1 aliphatic carbocycles. The smallest absolute Gasteiger partial charge is 0.148 e. The monoisotopic (exact) mass is 363 g/mol. The second-order valence-corrected chi connectivity index (χ2v) is 9.31. The molecule has 1 heterocycles. The summed E-state index contributed by atoms with van der Waals surface area (Å²) in [4.78, 5) is 2.10. The first kappa shape index (κ1) is 19.4. The number of morpholine rings is 1. The maximum atomic E-state index is 14.8. The van der Waals surface area contributed by atoms with E-state index in [0.717, 1.165) is 37.9 Å². The molecule has 146 valence electrons. The number of halogens is 1. The van der Waals surface area contributed by atoms with Crippen molar-refractivity contribution >= 4 is 11.4 Å². The summed E-state index contributed by atoms with van der Waals surface area (Å²) >= 11 is 0. The van der Waals surface area contributed by atoms with Crippen LogP contribution in [-0.2, 0) is 4.74 Å². The topological polar surface area (TPSA) is 50.5 Å². The largest absolute Gasteiger partial charge is 0.385 e. The van der Waals surface area contributed by atoms with Crippen molar-refractivity contribution < 1.29 is 9.13 Å². The first-order valence-electron chi connectivity index (χ1n) is 9.88. The van der Waals surface area contributed by atoms with Gasteiger partial charge in [-0.1, -0.05) is 0 Å². The van der Waals surface area contributed by atoms with Gasteiger partial charge in [0.2, 0.25) is 0 Å². The fourth-order valence-corrected chi connectivity index (χ4v) is 4.49. The van der Waals surface area contributed by atoms with E-state index in [1.54, 1.807) is 6.07 Å². The van der Waals surface area contributed by atoms with Gasteiger partial charge in [-0.15, -0.1) is 0 Å². The highest BCUT2D eigenvalue weighted by Crippen LogP contribution is 2.33. The summed E-state index contributed by atoms with van der Waals surface area (Å²) in [6, 6.07) is 5.87. The second kappa shape index (κ2) is 7.35. The van der Waals surface area contributed by atoms with Gasteiger partial charge in [0.1, 0.15) is 5.82 Å². The lowest BCUT2D eigenvalue weighted by molar-refractivity contribution is -0.133. The number of hydrogen-bond donors (Lipinski definition) is 2. The Balaban J connectivity index is 1.64. The maximum absolute atomic E-state index is 14.8. The molecule has 0 atom stereocenters. The first-order chi connectivity index (χ1) is 12.1. The van der Waals surface area contributed by atoms with Crippen molar-refractivity contribution in [1.29, 1.82) is 0 Å². The van der Waals surface area contributed by atoms with Crippen LogP contribution in [0.2, 0.25) is 0 Å². The van der Waals surface area contributed by atoms with E-state index in [2.05, 4.69) is 37.9 Å². The van der Waals surface area contributed by atoms with Gasteiger partial charge in [-0.2, -0.15) is 0 Å². The summed E-state index contributed by atoms with van der Waals surface area (Å²) < 4.78 is 20.9. The van der Waals surface area contributed by atoms with Crippen LogP contribution in [0.25, 0.3) is 0 Å². The van der Waals surface area contributed by atoms with Gasteiger partial charge in [0.25, 0.3) is 0 Å². The SMILES string of the molecule is CC1(C)CN(c2ccc(NC[C@H]3CC[C@H](N)CC3)cc2F)CC(C)(C)O1. The Morgan fingerprint density at radius 2 is 1.73 bits per heavy atom. The molecule has 26 heavy (non-hydrogen) atoms. The van der Waals surface area contributed by atoms with Gasteiger partial charge in [-0.3, -0.25) is 0 Å². The van der Waals surface area contributed by atoms with Crippen LogP contribution in [0.4, 0.5) is 15.8 Å². The number of benzene rings is 1. The standard InChI is InChI=1S/C21H34FN3O/c1-20(2)13-25(14-21(3,4)26-20)19-10-9-17(11-18(19)22)24-12-15-5-7-16(23)8-6-15/h9-11,15-16,24H,5-8,12-14,23H2,1-4H3/t15-,16-. The zero-order valence-electron chi connectivity index (χ0n) is 16.6. The average molecular weight is 364 g/mol. The molecule has 3 N–H and O–H groups in total. The Kier molecular flexibility index (Phi) is 5.50.